The molecule has 0 saturated carbocycles. The van der Waals surface area contributed by atoms with Crippen LogP contribution in [0.25, 0.3) is 0 Å². The number of hydrogen-bond acceptors (Lipinski definition) is 3. The normalized spacial score (nSPS) is 9.88. The minimum atomic E-state index is -0.157. The zero-order valence-electron chi connectivity index (χ0n) is 9.86. The first-order valence-corrected chi connectivity index (χ1v) is 5.57. The molecule has 0 saturated heterocycles. The van der Waals surface area contributed by atoms with Gasteiger partial charge in [0.1, 0.15) is 5.75 Å². The van der Waals surface area contributed by atoms with Crippen LogP contribution in [-0.4, -0.2) is 19.2 Å². The van der Waals surface area contributed by atoms with E-state index in [9.17, 15) is 4.79 Å². The van der Waals surface area contributed by atoms with Crippen molar-refractivity contribution in [3.05, 3.63) is 29.8 Å². The number of benzene rings is 1. The molecule has 1 aromatic carbocycles. The highest BCUT2D eigenvalue weighted by atomic mass is 16.5. The molecule has 3 nitrogen and oxygen atoms in total. The van der Waals surface area contributed by atoms with Crippen molar-refractivity contribution >= 4 is 5.97 Å². The summed E-state index contributed by atoms with van der Waals surface area (Å²) >= 11 is 0. The summed E-state index contributed by atoms with van der Waals surface area (Å²) < 4.78 is 10.3. The third-order valence-corrected chi connectivity index (χ3v) is 2.09. The Morgan fingerprint density at radius 2 is 2.19 bits per heavy atom. The minimum absolute atomic E-state index is 0.157. The number of aryl methyl sites for hydroxylation is 1. The van der Waals surface area contributed by atoms with E-state index in [1.54, 1.807) is 6.92 Å². The zero-order valence-corrected chi connectivity index (χ0v) is 9.86. The first-order chi connectivity index (χ1) is 7.72. The van der Waals surface area contributed by atoms with E-state index in [2.05, 4.69) is 0 Å². The van der Waals surface area contributed by atoms with Crippen LogP contribution in [-0.2, 0) is 9.53 Å². The van der Waals surface area contributed by atoms with Gasteiger partial charge < -0.3 is 9.47 Å². The van der Waals surface area contributed by atoms with E-state index in [4.69, 9.17) is 9.47 Å². The second kappa shape index (κ2) is 6.88. The first kappa shape index (κ1) is 12.6. The van der Waals surface area contributed by atoms with Gasteiger partial charge in [-0.25, -0.2) is 0 Å². The Balaban J connectivity index is 2.18. The van der Waals surface area contributed by atoms with Crippen LogP contribution in [0, 0.1) is 6.92 Å². The Bertz CT molecular complexity index is 334. The van der Waals surface area contributed by atoms with Gasteiger partial charge in [0.25, 0.3) is 0 Å². The second-order valence-corrected chi connectivity index (χ2v) is 3.57. The smallest absolute Gasteiger partial charge is 0.305 e. The number of carbonyl (C=O) groups is 1. The van der Waals surface area contributed by atoms with E-state index in [0.717, 1.165) is 5.75 Å². The fourth-order valence-electron chi connectivity index (χ4n) is 1.34. The van der Waals surface area contributed by atoms with Gasteiger partial charge in [0.15, 0.2) is 0 Å². The lowest BCUT2D eigenvalue weighted by atomic mass is 10.2. The Hall–Kier alpha value is -1.51. The summed E-state index contributed by atoms with van der Waals surface area (Å²) in [7, 11) is 0. The van der Waals surface area contributed by atoms with Gasteiger partial charge in [-0.15, -0.1) is 0 Å². The summed E-state index contributed by atoms with van der Waals surface area (Å²) in [5.41, 5.74) is 1.17. The molecule has 0 aliphatic rings. The Kier molecular flexibility index (Phi) is 5.40. The lowest BCUT2D eigenvalue weighted by molar-refractivity contribution is -0.143. The van der Waals surface area contributed by atoms with Crippen LogP contribution in [0.3, 0.4) is 0 Å². The van der Waals surface area contributed by atoms with Crippen LogP contribution in [0.1, 0.15) is 25.3 Å². The number of carbonyl (C=O) groups excluding carboxylic acids is 1. The van der Waals surface area contributed by atoms with Crippen molar-refractivity contribution in [1.29, 1.82) is 0 Å². The topological polar surface area (TPSA) is 35.5 Å². The maximum atomic E-state index is 11.0. The highest BCUT2D eigenvalue weighted by molar-refractivity contribution is 5.69. The summed E-state index contributed by atoms with van der Waals surface area (Å²) in [5, 5.41) is 0. The monoisotopic (exact) mass is 222 g/mol. The predicted octanol–water partition coefficient (Wildman–Crippen LogP) is 2.72. The van der Waals surface area contributed by atoms with E-state index in [1.165, 1.54) is 5.56 Å². The lowest BCUT2D eigenvalue weighted by Gasteiger charge is -2.06. The summed E-state index contributed by atoms with van der Waals surface area (Å²) in [6, 6.07) is 7.86. The molecular weight excluding hydrogens is 204 g/mol. The zero-order chi connectivity index (χ0) is 11.8. The van der Waals surface area contributed by atoms with Gasteiger partial charge in [-0.1, -0.05) is 12.1 Å². The van der Waals surface area contributed by atoms with Crippen molar-refractivity contribution in [2.24, 2.45) is 0 Å². The average molecular weight is 222 g/mol. The minimum Gasteiger partial charge on any atom is -0.494 e. The second-order valence-electron chi connectivity index (χ2n) is 3.57. The van der Waals surface area contributed by atoms with E-state index in [0.29, 0.717) is 26.1 Å². The fourth-order valence-corrected chi connectivity index (χ4v) is 1.34. The number of ether oxygens (including phenoxy) is 2. The van der Waals surface area contributed by atoms with Crippen LogP contribution in [0.15, 0.2) is 24.3 Å². The number of esters is 1. The van der Waals surface area contributed by atoms with Crippen LogP contribution >= 0.6 is 0 Å². The van der Waals surface area contributed by atoms with Crippen molar-refractivity contribution in [2.45, 2.75) is 26.7 Å². The molecule has 0 unspecified atom stereocenters. The largest absolute Gasteiger partial charge is 0.494 e. The first-order valence-electron chi connectivity index (χ1n) is 5.57. The number of hydrogen-bond donors (Lipinski definition) is 0. The molecule has 1 rings (SSSR count). The molecule has 0 radical (unpaired) electrons. The molecule has 0 N–H and O–H groups in total. The van der Waals surface area contributed by atoms with Gasteiger partial charge in [0.2, 0.25) is 0 Å². The van der Waals surface area contributed by atoms with E-state index in [1.807, 2.05) is 31.2 Å². The molecule has 0 heterocycles. The molecular formula is C13H18O3. The Morgan fingerprint density at radius 3 is 2.88 bits per heavy atom. The van der Waals surface area contributed by atoms with Crippen molar-refractivity contribution in [1.82, 2.24) is 0 Å². The SMILES string of the molecule is CCOC(=O)CCCOc1cccc(C)c1. The maximum absolute atomic E-state index is 11.0. The van der Waals surface area contributed by atoms with Crippen molar-refractivity contribution < 1.29 is 14.3 Å². The summed E-state index contributed by atoms with van der Waals surface area (Å²) in [6.07, 6.45) is 1.10. The molecule has 0 atom stereocenters. The highest BCUT2D eigenvalue weighted by Crippen LogP contribution is 2.12. The van der Waals surface area contributed by atoms with Crippen LogP contribution < -0.4 is 4.74 Å². The molecule has 0 spiro atoms. The van der Waals surface area contributed by atoms with Crippen LogP contribution in [0.5, 0.6) is 5.75 Å². The van der Waals surface area contributed by atoms with Gasteiger partial charge in [-0.05, 0) is 38.0 Å². The van der Waals surface area contributed by atoms with Crippen molar-refractivity contribution in [3.8, 4) is 5.75 Å². The molecule has 0 fully saturated rings. The summed E-state index contributed by atoms with van der Waals surface area (Å²) in [4.78, 5) is 11.0. The fraction of sp³-hybridized carbons (Fsp3) is 0.462. The molecule has 1 aromatic rings. The molecule has 0 aliphatic carbocycles. The third-order valence-electron chi connectivity index (χ3n) is 2.09. The highest BCUT2D eigenvalue weighted by Gasteiger charge is 2.01. The van der Waals surface area contributed by atoms with Crippen LogP contribution in [0.4, 0.5) is 0 Å². The third kappa shape index (κ3) is 4.82. The Labute approximate surface area is 96.4 Å². The van der Waals surface area contributed by atoms with Gasteiger partial charge in [0, 0.05) is 6.42 Å². The quantitative estimate of drug-likeness (QED) is 0.548. The van der Waals surface area contributed by atoms with Gasteiger partial charge in [0.05, 0.1) is 13.2 Å². The molecule has 0 bridgehead atoms. The molecule has 3 heteroatoms. The average Bonchev–Trinajstić information content (AvgIpc) is 2.25. The Morgan fingerprint density at radius 1 is 1.38 bits per heavy atom. The van der Waals surface area contributed by atoms with Gasteiger partial charge in [-0.2, -0.15) is 0 Å². The summed E-state index contributed by atoms with van der Waals surface area (Å²) in [6.45, 7) is 4.81. The summed E-state index contributed by atoms with van der Waals surface area (Å²) in [5.74, 6) is 0.694. The van der Waals surface area contributed by atoms with Gasteiger partial charge in [-0.3, -0.25) is 4.79 Å². The van der Waals surface area contributed by atoms with Gasteiger partial charge >= 0.3 is 5.97 Å². The maximum Gasteiger partial charge on any atom is 0.305 e. The predicted molar refractivity (Wildman–Crippen MR) is 62.5 cm³/mol. The van der Waals surface area contributed by atoms with Crippen molar-refractivity contribution in [3.63, 3.8) is 0 Å². The molecule has 0 aromatic heterocycles. The van der Waals surface area contributed by atoms with E-state index in [-0.39, 0.29) is 5.97 Å². The molecule has 88 valence electrons. The van der Waals surface area contributed by atoms with E-state index >= 15 is 0 Å². The molecule has 16 heavy (non-hydrogen) atoms. The number of rotatable bonds is 6. The lowest BCUT2D eigenvalue weighted by Crippen LogP contribution is -2.06. The van der Waals surface area contributed by atoms with E-state index < -0.39 is 0 Å². The molecule has 0 aliphatic heterocycles. The molecule has 0 amide bonds. The van der Waals surface area contributed by atoms with Crippen LogP contribution in [0.2, 0.25) is 0 Å². The van der Waals surface area contributed by atoms with Crippen molar-refractivity contribution in [2.75, 3.05) is 13.2 Å². The standard InChI is InChI=1S/C13H18O3/c1-3-15-13(14)8-5-9-16-12-7-4-6-11(2)10-12/h4,6-7,10H,3,5,8-9H2,1-2H3.